The topological polar surface area (TPSA) is 75.7 Å². The smallest absolute Gasteiger partial charge is 0.244 e. The van der Waals surface area contributed by atoms with Crippen molar-refractivity contribution in [1.82, 2.24) is 5.32 Å². The van der Waals surface area contributed by atoms with Crippen LogP contribution in [0.25, 0.3) is 0 Å². The van der Waals surface area contributed by atoms with Crippen LogP contribution in [0.3, 0.4) is 0 Å². The highest BCUT2D eigenvalue weighted by Crippen LogP contribution is 2.26. The van der Waals surface area contributed by atoms with Crippen molar-refractivity contribution in [2.75, 3.05) is 17.7 Å². The third-order valence-corrected chi connectivity index (χ3v) is 5.90. The van der Waals surface area contributed by atoms with E-state index in [-0.39, 0.29) is 11.9 Å². The van der Waals surface area contributed by atoms with Gasteiger partial charge in [0.1, 0.15) is 11.8 Å². The maximum atomic E-state index is 12.9. The van der Waals surface area contributed by atoms with Crippen LogP contribution < -0.4 is 14.4 Å². The quantitative estimate of drug-likeness (QED) is 0.768. The maximum Gasteiger partial charge on any atom is 0.244 e. The van der Waals surface area contributed by atoms with Crippen LogP contribution in [0.1, 0.15) is 36.6 Å². The lowest BCUT2D eigenvalue weighted by Gasteiger charge is -2.29. The van der Waals surface area contributed by atoms with Crippen molar-refractivity contribution < 1.29 is 17.9 Å². The number of amides is 1. The fraction of sp³-hybridized carbons (Fsp3) is 0.381. The second-order valence-corrected chi connectivity index (χ2v) is 8.89. The van der Waals surface area contributed by atoms with Gasteiger partial charge in [-0.25, -0.2) is 8.42 Å². The summed E-state index contributed by atoms with van der Waals surface area (Å²) in [5.41, 5.74) is 3.56. The summed E-state index contributed by atoms with van der Waals surface area (Å²) >= 11 is 0. The van der Waals surface area contributed by atoms with Gasteiger partial charge in [-0.3, -0.25) is 9.10 Å². The first kappa shape index (κ1) is 21.8. The lowest BCUT2D eigenvalue weighted by Crippen LogP contribution is -2.48. The Labute approximate surface area is 167 Å². The number of rotatable bonds is 7. The molecule has 0 aliphatic heterocycles. The van der Waals surface area contributed by atoms with Crippen molar-refractivity contribution in [3.8, 4) is 5.75 Å². The molecular weight excluding hydrogens is 376 g/mol. The molecule has 1 N–H and O–H groups in total. The maximum absolute atomic E-state index is 12.9. The Hall–Kier alpha value is -2.54. The molecule has 0 fully saturated rings. The van der Waals surface area contributed by atoms with Gasteiger partial charge in [-0.15, -0.1) is 0 Å². The molecule has 2 atom stereocenters. The summed E-state index contributed by atoms with van der Waals surface area (Å²) in [6, 6.07) is 11.5. The van der Waals surface area contributed by atoms with Gasteiger partial charge >= 0.3 is 0 Å². The number of sulfonamides is 1. The summed E-state index contributed by atoms with van der Waals surface area (Å²) in [6.45, 7) is 7.45. The first-order valence-electron chi connectivity index (χ1n) is 9.05. The molecule has 0 aliphatic carbocycles. The Morgan fingerprint density at radius 1 is 1.11 bits per heavy atom. The molecule has 0 heterocycles. The van der Waals surface area contributed by atoms with Crippen LogP contribution in [0.5, 0.6) is 5.75 Å². The van der Waals surface area contributed by atoms with Gasteiger partial charge in [-0.05, 0) is 51.0 Å². The summed E-state index contributed by atoms with van der Waals surface area (Å²) in [5.74, 6) is 0.143. The minimum Gasteiger partial charge on any atom is -0.497 e. The van der Waals surface area contributed by atoms with Crippen LogP contribution in [-0.2, 0) is 14.8 Å². The molecule has 1 amide bonds. The van der Waals surface area contributed by atoms with Crippen LogP contribution >= 0.6 is 0 Å². The number of hydrogen-bond donors (Lipinski definition) is 1. The zero-order valence-electron chi connectivity index (χ0n) is 17.2. The normalized spacial score (nSPS) is 13.5. The van der Waals surface area contributed by atoms with Crippen LogP contribution in [0.15, 0.2) is 42.5 Å². The molecule has 0 saturated heterocycles. The molecule has 6 nitrogen and oxygen atoms in total. The van der Waals surface area contributed by atoms with Crippen molar-refractivity contribution in [1.29, 1.82) is 0 Å². The fourth-order valence-electron chi connectivity index (χ4n) is 3.19. The third kappa shape index (κ3) is 5.04. The molecule has 2 rings (SSSR count). The molecule has 152 valence electrons. The van der Waals surface area contributed by atoms with Crippen LogP contribution in [0.2, 0.25) is 0 Å². The highest BCUT2D eigenvalue weighted by molar-refractivity contribution is 7.92. The van der Waals surface area contributed by atoms with Crippen LogP contribution in [-0.4, -0.2) is 33.7 Å². The minimum atomic E-state index is -3.69. The van der Waals surface area contributed by atoms with Crippen LogP contribution in [0.4, 0.5) is 5.69 Å². The summed E-state index contributed by atoms with van der Waals surface area (Å²) in [6.07, 6.45) is 1.09. The average Bonchev–Trinajstić information content (AvgIpc) is 2.62. The minimum absolute atomic E-state index is 0.249. The van der Waals surface area contributed by atoms with Gasteiger partial charge in [-0.1, -0.05) is 29.8 Å². The SMILES string of the molecule is COc1cccc(N([C@H](C)C(=O)N[C@@H](C)c2cc(C)ccc2C)S(C)(=O)=O)c1. The van der Waals surface area contributed by atoms with Gasteiger partial charge in [0, 0.05) is 6.07 Å². The number of ether oxygens (including phenoxy) is 1. The van der Waals surface area contributed by atoms with Crippen molar-refractivity contribution in [3.63, 3.8) is 0 Å². The van der Waals surface area contributed by atoms with E-state index >= 15 is 0 Å². The number of anilines is 1. The summed E-state index contributed by atoms with van der Waals surface area (Å²) in [5, 5.41) is 2.94. The van der Waals surface area contributed by atoms with E-state index in [9.17, 15) is 13.2 Å². The highest BCUT2D eigenvalue weighted by Gasteiger charge is 2.30. The average molecular weight is 405 g/mol. The van der Waals surface area contributed by atoms with Gasteiger partial charge in [0.05, 0.1) is 25.1 Å². The summed E-state index contributed by atoms with van der Waals surface area (Å²) in [4.78, 5) is 12.9. The molecule has 2 aromatic rings. The van der Waals surface area contributed by atoms with Gasteiger partial charge in [0.2, 0.25) is 15.9 Å². The predicted molar refractivity (Wildman–Crippen MR) is 112 cm³/mol. The van der Waals surface area contributed by atoms with E-state index in [1.165, 1.54) is 7.11 Å². The van der Waals surface area contributed by atoms with Gasteiger partial charge in [-0.2, -0.15) is 0 Å². The van der Waals surface area contributed by atoms with Crippen molar-refractivity contribution in [3.05, 3.63) is 59.2 Å². The number of carbonyl (C=O) groups is 1. The van der Waals surface area contributed by atoms with E-state index in [0.717, 1.165) is 27.3 Å². The van der Waals surface area contributed by atoms with Crippen molar-refractivity contribution in [2.45, 2.75) is 39.8 Å². The van der Waals surface area contributed by atoms with E-state index in [1.54, 1.807) is 31.2 Å². The summed E-state index contributed by atoms with van der Waals surface area (Å²) in [7, 11) is -2.18. The first-order valence-corrected chi connectivity index (χ1v) is 10.9. The van der Waals surface area contributed by atoms with Crippen molar-refractivity contribution in [2.24, 2.45) is 0 Å². The Morgan fingerprint density at radius 3 is 2.39 bits per heavy atom. The number of aryl methyl sites for hydroxylation is 2. The molecule has 0 spiro atoms. The monoisotopic (exact) mass is 404 g/mol. The Bertz CT molecular complexity index is 957. The third-order valence-electron chi connectivity index (χ3n) is 4.66. The van der Waals surface area contributed by atoms with Gasteiger partial charge < -0.3 is 10.1 Å². The summed E-state index contributed by atoms with van der Waals surface area (Å²) < 4.78 is 31.2. The second kappa shape index (κ2) is 8.65. The standard InChI is InChI=1S/C21H28N2O4S/c1-14-10-11-15(2)20(12-14)16(3)22-21(24)17(4)23(28(6,25)26)18-8-7-9-19(13-18)27-5/h7-13,16-17H,1-6H3,(H,22,24)/t16-,17+/m0/s1. The predicted octanol–water partition coefficient (Wildman–Crippen LogP) is 3.34. The Kier molecular flexibility index (Phi) is 6.72. The molecule has 0 radical (unpaired) electrons. The van der Waals surface area contributed by atoms with E-state index in [4.69, 9.17) is 4.74 Å². The Morgan fingerprint density at radius 2 is 1.79 bits per heavy atom. The molecule has 28 heavy (non-hydrogen) atoms. The molecule has 0 bridgehead atoms. The number of nitrogens with zero attached hydrogens (tertiary/aromatic N) is 1. The molecule has 7 heteroatoms. The number of benzene rings is 2. The zero-order chi connectivity index (χ0) is 21.1. The first-order chi connectivity index (χ1) is 13.0. The molecule has 0 aromatic heterocycles. The molecular formula is C21H28N2O4S. The molecule has 0 aliphatic rings. The molecule has 0 saturated carbocycles. The van der Waals surface area contributed by atoms with Crippen LogP contribution in [0, 0.1) is 13.8 Å². The van der Waals surface area contributed by atoms with E-state index < -0.39 is 16.1 Å². The lowest BCUT2D eigenvalue weighted by atomic mass is 10.00. The molecule has 2 aromatic carbocycles. The highest BCUT2D eigenvalue weighted by atomic mass is 32.2. The van der Waals surface area contributed by atoms with E-state index in [1.807, 2.05) is 39.0 Å². The van der Waals surface area contributed by atoms with Gasteiger partial charge in [0.25, 0.3) is 0 Å². The number of hydrogen-bond acceptors (Lipinski definition) is 4. The molecule has 0 unspecified atom stereocenters. The fourth-order valence-corrected chi connectivity index (χ4v) is 4.36. The number of carbonyl (C=O) groups excluding carboxylic acids is 1. The Balaban J connectivity index is 2.30. The zero-order valence-corrected chi connectivity index (χ0v) is 18.0. The lowest BCUT2D eigenvalue weighted by molar-refractivity contribution is -0.122. The van der Waals surface area contributed by atoms with E-state index in [2.05, 4.69) is 5.32 Å². The van der Waals surface area contributed by atoms with Crippen molar-refractivity contribution >= 4 is 21.6 Å². The van der Waals surface area contributed by atoms with E-state index in [0.29, 0.717) is 11.4 Å². The largest absolute Gasteiger partial charge is 0.497 e. The number of methoxy groups -OCH3 is 1. The van der Waals surface area contributed by atoms with Gasteiger partial charge in [0.15, 0.2) is 0 Å². The number of nitrogens with one attached hydrogen (secondary N) is 1. The second-order valence-electron chi connectivity index (χ2n) is 7.03.